The molecule has 0 saturated heterocycles. The number of carbonyl (C=O) groups excluding carboxylic acids is 2. The normalized spacial score (nSPS) is 22.3. The van der Waals surface area contributed by atoms with E-state index in [0.717, 1.165) is 23.3 Å². The molecule has 2 heterocycles. The van der Waals surface area contributed by atoms with Gasteiger partial charge in [-0.15, -0.1) is 0 Å². The summed E-state index contributed by atoms with van der Waals surface area (Å²) < 4.78 is 10.4. The van der Waals surface area contributed by atoms with Gasteiger partial charge in [0, 0.05) is 11.5 Å². The highest BCUT2D eigenvalue weighted by molar-refractivity contribution is 6.32. The number of esters is 1. The van der Waals surface area contributed by atoms with Crippen LogP contribution in [0.3, 0.4) is 0 Å². The van der Waals surface area contributed by atoms with Crippen molar-refractivity contribution in [3.05, 3.63) is 70.3 Å². The molecule has 0 aromatic heterocycles. The van der Waals surface area contributed by atoms with Crippen LogP contribution in [0.25, 0.3) is 0 Å². The smallest absolute Gasteiger partial charge is 0.338 e. The number of methoxy groups -OCH3 is 1. The second-order valence-corrected chi connectivity index (χ2v) is 7.97. The average Bonchev–Trinajstić information content (AvgIpc) is 3.14. The number of hydrogen-bond acceptors (Lipinski definition) is 5. The number of benzene rings is 2. The minimum atomic E-state index is -0.337. The molecule has 0 bridgehead atoms. The van der Waals surface area contributed by atoms with Crippen molar-refractivity contribution in [1.82, 2.24) is 0 Å². The number of nitrogens with zero attached hydrogens (tertiary/aromatic N) is 2. The number of ether oxygens (including phenoxy) is 2. The highest BCUT2D eigenvalue weighted by atomic mass is 35.5. The Labute approximate surface area is 178 Å². The lowest BCUT2D eigenvalue weighted by Gasteiger charge is -2.37. The predicted molar refractivity (Wildman–Crippen MR) is 113 cm³/mol. The Morgan fingerprint density at radius 3 is 2.67 bits per heavy atom. The molecule has 2 atom stereocenters. The Morgan fingerprint density at radius 1 is 1.10 bits per heavy atom. The standard InChI is InChI=1S/C23H19ClN2O4/c1-29-20-9-6-13(11-19(20)24)21-17-4-2-3-5-18(17)22(27)26(25-21)15-7-8-16-14(10-15)12-30-23(16)28/h2-3,6-11,17-18H,4-5,12H2,1H3. The second-order valence-electron chi connectivity index (χ2n) is 7.56. The van der Waals surface area contributed by atoms with Gasteiger partial charge in [-0.25, -0.2) is 9.80 Å². The molecule has 5 rings (SSSR count). The van der Waals surface area contributed by atoms with Crippen molar-refractivity contribution in [2.45, 2.75) is 19.4 Å². The Kier molecular flexibility index (Phi) is 4.59. The first-order chi connectivity index (χ1) is 14.6. The molecular weight excluding hydrogens is 404 g/mol. The predicted octanol–water partition coefficient (Wildman–Crippen LogP) is 4.35. The van der Waals surface area contributed by atoms with E-state index in [1.165, 1.54) is 5.01 Å². The molecule has 7 heteroatoms. The fraction of sp³-hybridized carbons (Fsp3) is 0.261. The van der Waals surface area contributed by atoms with Crippen LogP contribution in [0.15, 0.2) is 53.7 Å². The maximum absolute atomic E-state index is 13.3. The van der Waals surface area contributed by atoms with Gasteiger partial charge in [-0.1, -0.05) is 23.8 Å². The third kappa shape index (κ3) is 2.99. The van der Waals surface area contributed by atoms with Gasteiger partial charge in [-0.3, -0.25) is 4.79 Å². The molecule has 152 valence electrons. The molecule has 0 fully saturated rings. The molecule has 0 spiro atoms. The molecule has 2 unspecified atom stereocenters. The summed E-state index contributed by atoms with van der Waals surface area (Å²) in [6.45, 7) is 0.212. The maximum Gasteiger partial charge on any atom is 0.338 e. The molecule has 0 radical (unpaired) electrons. The van der Waals surface area contributed by atoms with E-state index in [4.69, 9.17) is 26.2 Å². The first-order valence-corrected chi connectivity index (χ1v) is 10.2. The number of cyclic esters (lactones) is 1. The SMILES string of the molecule is COc1ccc(C2=NN(c3ccc4c(c3)COC4=O)C(=O)C3CC=CCC23)cc1Cl. The number of hydrazone groups is 1. The first-order valence-electron chi connectivity index (χ1n) is 9.78. The number of hydrogen-bond donors (Lipinski definition) is 0. The van der Waals surface area contributed by atoms with Gasteiger partial charge >= 0.3 is 5.97 Å². The summed E-state index contributed by atoms with van der Waals surface area (Å²) in [4.78, 5) is 25.1. The van der Waals surface area contributed by atoms with E-state index in [1.54, 1.807) is 25.3 Å². The Morgan fingerprint density at radius 2 is 1.90 bits per heavy atom. The molecule has 3 aliphatic rings. The Balaban J connectivity index is 1.61. The van der Waals surface area contributed by atoms with Crippen molar-refractivity contribution < 1.29 is 19.1 Å². The van der Waals surface area contributed by atoms with Crippen molar-refractivity contribution in [2.75, 3.05) is 12.1 Å². The highest BCUT2D eigenvalue weighted by Crippen LogP contribution is 2.38. The number of allylic oxidation sites excluding steroid dienone is 2. The summed E-state index contributed by atoms with van der Waals surface area (Å²) in [7, 11) is 1.57. The zero-order valence-corrected chi connectivity index (χ0v) is 17.1. The quantitative estimate of drug-likeness (QED) is 0.544. The molecule has 1 aliphatic carbocycles. The summed E-state index contributed by atoms with van der Waals surface area (Å²) in [6.07, 6.45) is 5.56. The van der Waals surface area contributed by atoms with Gasteiger partial charge in [0.15, 0.2) is 0 Å². The van der Waals surface area contributed by atoms with E-state index in [-0.39, 0.29) is 30.3 Å². The lowest BCUT2D eigenvalue weighted by molar-refractivity contribution is -0.123. The summed E-state index contributed by atoms with van der Waals surface area (Å²) in [5, 5.41) is 6.72. The van der Waals surface area contributed by atoms with Gasteiger partial charge in [-0.2, -0.15) is 5.10 Å². The van der Waals surface area contributed by atoms with Crippen LogP contribution in [-0.2, 0) is 16.1 Å². The molecule has 0 saturated carbocycles. The minimum absolute atomic E-state index is 0.0115. The lowest BCUT2D eigenvalue weighted by atomic mass is 9.76. The summed E-state index contributed by atoms with van der Waals surface area (Å²) in [5.41, 5.74) is 3.61. The van der Waals surface area contributed by atoms with Gasteiger partial charge in [0.1, 0.15) is 12.4 Å². The van der Waals surface area contributed by atoms with Crippen LogP contribution in [0, 0.1) is 11.8 Å². The maximum atomic E-state index is 13.3. The molecular formula is C23H19ClN2O4. The van der Waals surface area contributed by atoms with Gasteiger partial charge in [-0.05, 0) is 54.8 Å². The molecule has 2 aromatic rings. The fourth-order valence-corrected chi connectivity index (χ4v) is 4.57. The third-order valence-corrected chi connectivity index (χ3v) is 6.17. The van der Waals surface area contributed by atoms with Crippen LogP contribution in [-0.4, -0.2) is 24.7 Å². The number of carbonyl (C=O) groups is 2. The molecule has 2 aliphatic heterocycles. The van der Waals surface area contributed by atoms with Gasteiger partial charge in [0.2, 0.25) is 0 Å². The largest absolute Gasteiger partial charge is 0.495 e. The summed E-state index contributed by atoms with van der Waals surface area (Å²) in [6, 6.07) is 10.8. The van der Waals surface area contributed by atoms with E-state index in [9.17, 15) is 9.59 Å². The molecule has 2 aromatic carbocycles. The van der Waals surface area contributed by atoms with Crippen LogP contribution >= 0.6 is 11.6 Å². The van der Waals surface area contributed by atoms with Crippen molar-refractivity contribution in [3.8, 4) is 5.75 Å². The Hall–Kier alpha value is -3.12. The van der Waals surface area contributed by atoms with Gasteiger partial charge < -0.3 is 9.47 Å². The minimum Gasteiger partial charge on any atom is -0.495 e. The first kappa shape index (κ1) is 18.9. The van der Waals surface area contributed by atoms with Gasteiger partial charge in [0.25, 0.3) is 5.91 Å². The number of amides is 1. The summed E-state index contributed by atoms with van der Waals surface area (Å²) >= 11 is 6.36. The lowest BCUT2D eigenvalue weighted by Crippen LogP contribution is -2.45. The fourth-order valence-electron chi connectivity index (χ4n) is 4.31. The Bertz CT molecular complexity index is 1120. The molecule has 6 nitrogen and oxygen atoms in total. The zero-order valence-electron chi connectivity index (χ0n) is 16.3. The monoisotopic (exact) mass is 422 g/mol. The van der Waals surface area contributed by atoms with Crippen molar-refractivity contribution >= 4 is 34.9 Å². The number of anilines is 1. The van der Waals surface area contributed by atoms with Crippen LogP contribution in [0.1, 0.15) is 34.3 Å². The second kappa shape index (κ2) is 7.29. The van der Waals surface area contributed by atoms with E-state index in [2.05, 4.69) is 12.2 Å². The molecule has 1 amide bonds. The number of rotatable bonds is 3. The highest BCUT2D eigenvalue weighted by Gasteiger charge is 2.41. The van der Waals surface area contributed by atoms with Gasteiger partial charge in [0.05, 0.1) is 35.0 Å². The summed E-state index contributed by atoms with van der Waals surface area (Å²) in [5.74, 6) is -0.000769. The average molecular weight is 423 g/mol. The number of fused-ring (bicyclic) bond motifs is 2. The van der Waals surface area contributed by atoms with Crippen molar-refractivity contribution in [1.29, 1.82) is 0 Å². The zero-order chi connectivity index (χ0) is 20.8. The van der Waals surface area contributed by atoms with Crippen LogP contribution in [0.5, 0.6) is 5.75 Å². The number of halogens is 1. The molecule has 30 heavy (non-hydrogen) atoms. The van der Waals surface area contributed by atoms with Crippen molar-refractivity contribution in [3.63, 3.8) is 0 Å². The molecule has 0 N–H and O–H groups in total. The van der Waals surface area contributed by atoms with Crippen LogP contribution in [0.4, 0.5) is 5.69 Å². The topological polar surface area (TPSA) is 68.2 Å². The van der Waals surface area contributed by atoms with Crippen molar-refractivity contribution in [2.24, 2.45) is 16.9 Å². The van der Waals surface area contributed by atoms with E-state index >= 15 is 0 Å². The third-order valence-electron chi connectivity index (χ3n) is 5.88. The van der Waals surface area contributed by atoms with Crippen LogP contribution in [0.2, 0.25) is 5.02 Å². The van der Waals surface area contributed by atoms with E-state index in [0.29, 0.717) is 28.4 Å². The van der Waals surface area contributed by atoms with E-state index in [1.807, 2.05) is 18.2 Å². The van der Waals surface area contributed by atoms with Crippen LogP contribution < -0.4 is 9.75 Å². The van der Waals surface area contributed by atoms with E-state index < -0.39 is 0 Å².